The number of aromatic nitrogens is 4. The zero-order valence-corrected chi connectivity index (χ0v) is 9.81. The maximum atomic E-state index is 12.8. The zero-order valence-electron chi connectivity index (χ0n) is 9.81. The van der Waals surface area contributed by atoms with Gasteiger partial charge in [0, 0.05) is 0 Å². The van der Waals surface area contributed by atoms with Gasteiger partial charge in [0.1, 0.15) is 0 Å². The highest BCUT2D eigenvalue weighted by Crippen LogP contribution is 2.20. The minimum atomic E-state index is -0.470. The number of nitrogen functional groups attached to an aromatic ring is 1. The molecule has 0 aromatic carbocycles. The molecule has 2 aromatic rings. The second-order valence-electron chi connectivity index (χ2n) is 3.63. The van der Waals surface area contributed by atoms with Crippen molar-refractivity contribution in [3.8, 4) is 5.95 Å². The van der Waals surface area contributed by atoms with E-state index in [4.69, 9.17) is 5.73 Å². The van der Waals surface area contributed by atoms with Crippen LogP contribution < -0.4 is 5.73 Å². The number of rotatable bonds is 3. The van der Waals surface area contributed by atoms with Crippen molar-refractivity contribution in [2.45, 2.75) is 26.7 Å². The first-order valence-corrected chi connectivity index (χ1v) is 5.51. The molecular weight excluding hydrogens is 221 g/mol. The summed E-state index contributed by atoms with van der Waals surface area (Å²) in [6.45, 7) is 3.96. The summed E-state index contributed by atoms with van der Waals surface area (Å²) < 4.78 is 14.3. The molecule has 0 saturated heterocycles. The Hall–Kier alpha value is -1.98. The van der Waals surface area contributed by atoms with E-state index < -0.39 is 5.82 Å². The van der Waals surface area contributed by atoms with Gasteiger partial charge in [0.15, 0.2) is 5.82 Å². The van der Waals surface area contributed by atoms with Gasteiger partial charge in [-0.3, -0.25) is 0 Å². The lowest BCUT2D eigenvalue weighted by atomic mass is 10.2. The standard InChI is InChI=1S/C11H14FN5/c1-3-8-10(13)9(4-2)17(16-8)11-14-5-7(12)6-15-11/h5-6H,3-4,13H2,1-2H3. The Balaban J connectivity index is 2.54. The van der Waals surface area contributed by atoms with E-state index in [0.29, 0.717) is 11.6 Å². The summed E-state index contributed by atoms with van der Waals surface area (Å²) in [6, 6.07) is 0. The second-order valence-corrected chi connectivity index (χ2v) is 3.63. The molecule has 17 heavy (non-hydrogen) atoms. The van der Waals surface area contributed by atoms with Crippen molar-refractivity contribution in [3.63, 3.8) is 0 Å². The minimum absolute atomic E-state index is 0.342. The summed E-state index contributed by atoms with van der Waals surface area (Å²) >= 11 is 0. The topological polar surface area (TPSA) is 69.6 Å². The van der Waals surface area contributed by atoms with Crippen LogP contribution in [0.2, 0.25) is 0 Å². The lowest BCUT2D eigenvalue weighted by Gasteiger charge is -2.03. The van der Waals surface area contributed by atoms with Crippen LogP contribution in [-0.2, 0) is 12.8 Å². The van der Waals surface area contributed by atoms with Gasteiger partial charge in [-0.1, -0.05) is 13.8 Å². The van der Waals surface area contributed by atoms with E-state index in [0.717, 1.165) is 36.6 Å². The highest BCUT2D eigenvalue weighted by atomic mass is 19.1. The van der Waals surface area contributed by atoms with Crippen LogP contribution in [0.3, 0.4) is 0 Å². The van der Waals surface area contributed by atoms with Crippen molar-refractivity contribution in [2.24, 2.45) is 0 Å². The summed E-state index contributed by atoms with van der Waals surface area (Å²) in [5, 5.41) is 4.34. The molecule has 2 aromatic heterocycles. The Kier molecular flexibility index (Phi) is 3.03. The van der Waals surface area contributed by atoms with Gasteiger partial charge in [0.2, 0.25) is 0 Å². The summed E-state index contributed by atoms with van der Waals surface area (Å²) in [6.07, 6.45) is 3.70. The van der Waals surface area contributed by atoms with Crippen LogP contribution in [0.4, 0.5) is 10.1 Å². The normalized spacial score (nSPS) is 10.8. The third-order valence-electron chi connectivity index (χ3n) is 2.56. The summed E-state index contributed by atoms with van der Waals surface area (Å²) in [7, 11) is 0. The fourth-order valence-corrected chi connectivity index (χ4v) is 1.70. The van der Waals surface area contributed by atoms with Crippen molar-refractivity contribution >= 4 is 5.69 Å². The monoisotopic (exact) mass is 235 g/mol. The van der Waals surface area contributed by atoms with E-state index in [9.17, 15) is 4.39 Å². The van der Waals surface area contributed by atoms with Gasteiger partial charge in [-0.05, 0) is 12.8 Å². The zero-order chi connectivity index (χ0) is 12.4. The molecule has 0 amide bonds. The molecule has 2 heterocycles. The number of halogens is 1. The van der Waals surface area contributed by atoms with Gasteiger partial charge in [-0.25, -0.2) is 19.0 Å². The van der Waals surface area contributed by atoms with Crippen molar-refractivity contribution in [1.29, 1.82) is 0 Å². The van der Waals surface area contributed by atoms with E-state index in [1.807, 2.05) is 13.8 Å². The van der Waals surface area contributed by atoms with Crippen LogP contribution in [0, 0.1) is 5.82 Å². The molecule has 5 nitrogen and oxygen atoms in total. The molecule has 2 rings (SSSR count). The first kappa shape index (κ1) is 11.5. The fraction of sp³-hybridized carbons (Fsp3) is 0.364. The highest BCUT2D eigenvalue weighted by Gasteiger charge is 2.15. The largest absolute Gasteiger partial charge is 0.396 e. The van der Waals surface area contributed by atoms with Gasteiger partial charge in [-0.15, -0.1) is 0 Å². The predicted molar refractivity (Wildman–Crippen MR) is 62.3 cm³/mol. The van der Waals surface area contributed by atoms with Gasteiger partial charge in [0.05, 0.1) is 29.5 Å². The third kappa shape index (κ3) is 1.98. The van der Waals surface area contributed by atoms with Crippen molar-refractivity contribution in [1.82, 2.24) is 19.7 Å². The van der Waals surface area contributed by atoms with Crippen molar-refractivity contribution in [2.75, 3.05) is 5.73 Å². The molecular formula is C11H14FN5. The molecule has 6 heteroatoms. The maximum Gasteiger partial charge on any atom is 0.250 e. The maximum absolute atomic E-state index is 12.8. The first-order chi connectivity index (χ1) is 8.17. The van der Waals surface area contributed by atoms with Crippen LogP contribution in [0.1, 0.15) is 25.2 Å². The van der Waals surface area contributed by atoms with Crippen LogP contribution in [0.15, 0.2) is 12.4 Å². The number of anilines is 1. The minimum Gasteiger partial charge on any atom is -0.396 e. The Morgan fingerprint density at radius 1 is 1.24 bits per heavy atom. The molecule has 0 atom stereocenters. The van der Waals surface area contributed by atoms with E-state index in [1.165, 1.54) is 0 Å². The van der Waals surface area contributed by atoms with Crippen LogP contribution >= 0.6 is 0 Å². The molecule has 0 aliphatic carbocycles. The summed E-state index contributed by atoms with van der Waals surface area (Å²) in [4.78, 5) is 7.81. The quantitative estimate of drug-likeness (QED) is 0.875. The van der Waals surface area contributed by atoms with Crippen LogP contribution in [0.5, 0.6) is 0 Å². The highest BCUT2D eigenvalue weighted by molar-refractivity contribution is 5.50. The Morgan fingerprint density at radius 2 is 1.88 bits per heavy atom. The summed E-state index contributed by atoms with van der Waals surface area (Å²) in [5.41, 5.74) is 8.32. The number of aryl methyl sites for hydroxylation is 1. The molecule has 0 radical (unpaired) electrons. The molecule has 0 aliphatic rings. The number of nitrogens with zero attached hydrogens (tertiary/aromatic N) is 4. The molecule has 0 spiro atoms. The van der Waals surface area contributed by atoms with Gasteiger partial charge < -0.3 is 5.73 Å². The Labute approximate surface area is 98.5 Å². The fourth-order valence-electron chi connectivity index (χ4n) is 1.70. The Bertz CT molecular complexity index is 517. The molecule has 90 valence electrons. The smallest absolute Gasteiger partial charge is 0.250 e. The molecule has 0 aliphatic heterocycles. The second kappa shape index (κ2) is 4.48. The van der Waals surface area contributed by atoms with Gasteiger partial charge in [-0.2, -0.15) is 5.10 Å². The van der Waals surface area contributed by atoms with Crippen molar-refractivity contribution in [3.05, 3.63) is 29.6 Å². The molecule has 0 fully saturated rings. The molecule has 0 bridgehead atoms. The van der Waals surface area contributed by atoms with E-state index in [-0.39, 0.29) is 0 Å². The van der Waals surface area contributed by atoms with Gasteiger partial charge >= 0.3 is 0 Å². The average molecular weight is 235 g/mol. The summed E-state index contributed by atoms with van der Waals surface area (Å²) in [5.74, 6) is -0.128. The third-order valence-corrected chi connectivity index (χ3v) is 2.56. The van der Waals surface area contributed by atoms with Crippen molar-refractivity contribution < 1.29 is 4.39 Å². The average Bonchev–Trinajstić information content (AvgIpc) is 2.66. The lowest BCUT2D eigenvalue weighted by Crippen LogP contribution is -2.07. The van der Waals surface area contributed by atoms with E-state index in [2.05, 4.69) is 15.1 Å². The van der Waals surface area contributed by atoms with Crippen LogP contribution in [-0.4, -0.2) is 19.7 Å². The Morgan fingerprint density at radius 3 is 2.41 bits per heavy atom. The first-order valence-electron chi connectivity index (χ1n) is 5.51. The molecule has 2 N–H and O–H groups in total. The van der Waals surface area contributed by atoms with E-state index >= 15 is 0 Å². The molecule has 0 unspecified atom stereocenters. The van der Waals surface area contributed by atoms with Crippen LogP contribution in [0.25, 0.3) is 5.95 Å². The SMILES string of the molecule is CCc1nn(-c2ncc(F)cn2)c(CC)c1N. The number of hydrogen-bond donors (Lipinski definition) is 1. The van der Waals surface area contributed by atoms with Gasteiger partial charge in [0.25, 0.3) is 5.95 Å². The number of hydrogen-bond acceptors (Lipinski definition) is 4. The number of nitrogens with two attached hydrogens (primary N) is 1. The predicted octanol–water partition coefficient (Wildman–Crippen LogP) is 1.51. The lowest BCUT2D eigenvalue weighted by molar-refractivity contribution is 0.607. The van der Waals surface area contributed by atoms with E-state index in [1.54, 1.807) is 4.68 Å². The molecule has 0 saturated carbocycles.